The van der Waals surface area contributed by atoms with Gasteiger partial charge in [0.25, 0.3) is 5.91 Å². The molecule has 0 saturated heterocycles. The van der Waals surface area contributed by atoms with E-state index in [4.69, 9.17) is 9.15 Å². The fourth-order valence-corrected chi connectivity index (χ4v) is 2.59. The number of amides is 1. The minimum atomic E-state index is -3.61. The van der Waals surface area contributed by atoms with Gasteiger partial charge in [-0.15, -0.1) is 5.10 Å². The molecule has 25 heavy (non-hydrogen) atoms. The van der Waals surface area contributed by atoms with Gasteiger partial charge in [-0.1, -0.05) is 31.4 Å². The van der Waals surface area contributed by atoms with Gasteiger partial charge in [-0.2, -0.15) is 0 Å². The van der Waals surface area contributed by atoms with Crippen LogP contribution in [0.4, 0.5) is 0 Å². The van der Waals surface area contributed by atoms with Crippen molar-refractivity contribution in [1.29, 1.82) is 0 Å². The maximum absolute atomic E-state index is 12.5. The average molecular weight is 367 g/mol. The zero-order valence-corrected chi connectivity index (χ0v) is 15.3. The summed E-state index contributed by atoms with van der Waals surface area (Å²) < 4.78 is 33.4. The Bertz CT molecular complexity index is 847. The van der Waals surface area contributed by atoms with Crippen molar-refractivity contribution >= 4 is 15.7 Å². The summed E-state index contributed by atoms with van der Waals surface area (Å²) in [5, 5.41) is 9.72. The van der Waals surface area contributed by atoms with E-state index in [1.54, 1.807) is 24.3 Å². The Kier molecular flexibility index (Phi) is 5.78. The van der Waals surface area contributed by atoms with Crippen LogP contribution in [0.5, 0.6) is 5.75 Å². The molecule has 0 saturated carbocycles. The number of nitrogens with zero attached hydrogens (tertiary/aromatic N) is 2. The number of hydrogen-bond donors (Lipinski definition) is 1. The molecule has 0 fully saturated rings. The van der Waals surface area contributed by atoms with E-state index in [9.17, 15) is 13.2 Å². The van der Waals surface area contributed by atoms with Crippen molar-refractivity contribution in [2.24, 2.45) is 5.92 Å². The first-order valence-corrected chi connectivity index (χ1v) is 9.63. The molecule has 0 aliphatic rings. The minimum Gasteiger partial charge on any atom is -0.497 e. The van der Waals surface area contributed by atoms with Crippen molar-refractivity contribution in [2.75, 3.05) is 13.4 Å². The van der Waals surface area contributed by atoms with Gasteiger partial charge in [0, 0.05) is 11.8 Å². The molecular weight excluding hydrogens is 346 g/mol. The molecule has 0 unspecified atom stereocenters. The SMILES string of the molecule is CC[C@@H](C)[C@H](NC(=O)c1cccc(OC)c1)c1nnc(S(C)(=O)=O)o1. The molecule has 0 aliphatic heterocycles. The highest BCUT2D eigenvalue weighted by molar-refractivity contribution is 7.90. The Hall–Kier alpha value is -2.42. The lowest BCUT2D eigenvalue weighted by molar-refractivity contribution is 0.0911. The van der Waals surface area contributed by atoms with E-state index in [-0.39, 0.29) is 17.7 Å². The van der Waals surface area contributed by atoms with Crippen LogP contribution >= 0.6 is 0 Å². The van der Waals surface area contributed by atoms with Crippen molar-refractivity contribution < 1.29 is 22.4 Å². The number of nitrogens with one attached hydrogen (secondary N) is 1. The van der Waals surface area contributed by atoms with E-state index in [1.165, 1.54) is 7.11 Å². The second-order valence-electron chi connectivity index (χ2n) is 5.75. The standard InChI is InChI=1S/C16H21N3O5S/c1-5-10(2)13(15-18-19-16(24-15)25(4,21)22)17-14(20)11-7-6-8-12(9-11)23-3/h6-10,13H,5H2,1-4H3,(H,17,20)/t10-,13+/m1/s1. The largest absolute Gasteiger partial charge is 0.497 e. The molecule has 9 heteroatoms. The molecule has 8 nitrogen and oxygen atoms in total. The smallest absolute Gasteiger partial charge is 0.335 e. The molecule has 0 aliphatic carbocycles. The second kappa shape index (κ2) is 7.64. The van der Waals surface area contributed by atoms with Gasteiger partial charge in [0.05, 0.1) is 7.11 Å². The van der Waals surface area contributed by atoms with E-state index >= 15 is 0 Å². The lowest BCUT2D eigenvalue weighted by atomic mass is 9.98. The quantitative estimate of drug-likeness (QED) is 0.796. The third-order valence-electron chi connectivity index (χ3n) is 3.84. The number of methoxy groups -OCH3 is 1. The van der Waals surface area contributed by atoms with Crippen LogP contribution in [0.2, 0.25) is 0 Å². The van der Waals surface area contributed by atoms with Gasteiger partial charge in [0.15, 0.2) is 0 Å². The molecule has 1 aromatic heterocycles. The van der Waals surface area contributed by atoms with Gasteiger partial charge in [-0.05, 0) is 24.1 Å². The van der Waals surface area contributed by atoms with Crippen LogP contribution in [0.1, 0.15) is 42.6 Å². The Morgan fingerprint density at radius 2 is 2.08 bits per heavy atom. The normalized spacial score (nSPS) is 13.9. The average Bonchev–Trinajstić information content (AvgIpc) is 3.09. The summed E-state index contributed by atoms with van der Waals surface area (Å²) in [4.78, 5) is 12.5. The van der Waals surface area contributed by atoms with Gasteiger partial charge < -0.3 is 14.5 Å². The molecule has 0 bridgehead atoms. The number of benzene rings is 1. The van der Waals surface area contributed by atoms with Gasteiger partial charge >= 0.3 is 5.22 Å². The molecule has 0 radical (unpaired) electrons. The van der Waals surface area contributed by atoms with Crippen LogP contribution < -0.4 is 10.1 Å². The van der Waals surface area contributed by atoms with E-state index in [1.807, 2.05) is 13.8 Å². The molecule has 1 aromatic carbocycles. The number of sulfone groups is 1. The summed E-state index contributed by atoms with van der Waals surface area (Å²) in [6.07, 6.45) is 1.71. The van der Waals surface area contributed by atoms with E-state index < -0.39 is 21.1 Å². The highest BCUT2D eigenvalue weighted by atomic mass is 32.2. The molecular formula is C16H21N3O5S. The summed E-state index contributed by atoms with van der Waals surface area (Å²) in [5.41, 5.74) is 0.413. The van der Waals surface area contributed by atoms with Crippen LogP contribution in [0.3, 0.4) is 0 Å². The predicted octanol–water partition coefficient (Wildman–Crippen LogP) is 2.00. The van der Waals surface area contributed by atoms with Crippen LogP contribution in [0, 0.1) is 5.92 Å². The molecule has 0 spiro atoms. The first-order valence-electron chi connectivity index (χ1n) is 7.74. The number of carbonyl (C=O) groups is 1. The second-order valence-corrected chi connectivity index (χ2v) is 7.64. The summed E-state index contributed by atoms with van der Waals surface area (Å²) in [6, 6.07) is 6.10. The first kappa shape index (κ1) is 18.9. The number of hydrogen-bond acceptors (Lipinski definition) is 7. The summed E-state index contributed by atoms with van der Waals surface area (Å²) in [5.74, 6) is 0.238. The van der Waals surface area contributed by atoms with Crippen molar-refractivity contribution in [3.63, 3.8) is 0 Å². The third kappa shape index (κ3) is 4.56. The first-order chi connectivity index (χ1) is 11.8. The minimum absolute atomic E-state index is 0.0394. The van der Waals surface area contributed by atoms with Crippen molar-refractivity contribution in [3.05, 3.63) is 35.7 Å². The maximum Gasteiger partial charge on any atom is 0.335 e. The number of ether oxygens (including phenoxy) is 1. The summed E-state index contributed by atoms with van der Waals surface area (Å²) >= 11 is 0. The Balaban J connectivity index is 2.29. The highest BCUT2D eigenvalue weighted by Crippen LogP contribution is 2.25. The highest BCUT2D eigenvalue weighted by Gasteiger charge is 2.28. The van der Waals surface area contributed by atoms with E-state index in [0.29, 0.717) is 11.3 Å². The maximum atomic E-state index is 12.5. The van der Waals surface area contributed by atoms with Crippen molar-refractivity contribution in [3.8, 4) is 5.75 Å². The van der Waals surface area contributed by atoms with E-state index in [0.717, 1.165) is 12.7 Å². The topological polar surface area (TPSA) is 111 Å². The lowest BCUT2D eigenvalue weighted by Crippen LogP contribution is -2.32. The monoisotopic (exact) mass is 367 g/mol. The fourth-order valence-electron chi connectivity index (χ4n) is 2.17. The van der Waals surface area contributed by atoms with E-state index in [2.05, 4.69) is 15.5 Å². The van der Waals surface area contributed by atoms with Crippen LogP contribution in [-0.2, 0) is 9.84 Å². The predicted molar refractivity (Wildman–Crippen MR) is 90.1 cm³/mol. The third-order valence-corrected chi connectivity index (χ3v) is 4.64. The Morgan fingerprint density at radius 1 is 1.36 bits per heavy atom. The van der Waals surface area contributed by atoms with Gasteiger partial charge in [-0.25, -0.2) is 8.42 Å². The summed E-state index contributed by atoms with van der Waals surface area (Å²) in [6.45, 7) is 3.85. The molecule has 1 N–H and O–H groups in total. The lowest BCUT2D eigenvalue weighted by Gasteiger charge is -2.21. The van der Waals surface area contributed by atoms with Gasteiger partial charge in [0.2, 0.25) is 15.7 Å². The van der Waals surface area contributed by atoms with Crippen LogP contribution in [0.25, 0.3) is 0 Å². The summed E-state index contributed by atoms with van der Waals surface area (Å²) in [7, 11) is -2.09. The van der Waals surface area contributed by atoms with Gasteiger partial charge in [-0.3, -0.25) is 4.79 Å². The molecule has 2 aromatic rings. The molecule has 1 amide bonds. The molecule has 1 heterocycles. The zero-order valence-electron chi connectivity index (χ0n) is 14.5. The number of carbonyl (C=O) groups excluding carboxylic acids is 1. The van der Waals surface area contributed by atoms with Crippen molar-refractivity contribution in [2.45, 2.75) is 31.5 Å². The van der Waals surface area contributed by atoms with Crippen LogP contribution in [0.15, 0.2) is 33.9 Å². The Labute approximate surface area is 146 Å². The Morgan fingerprint density at radius 3 is 2.64 bits per heavy atom. The number of aromatic nitrogens is 2. The van der Waals surface area contributed by atoms with Gasteiger partial charge in [0.1, 0.15) is 11.8 Å². The zero-order chi connectivity index (χ0) is 18.6. The molecule has 136 valence electrons. The molecule has 2 rings (SSSR count). The fraction of sp³-hybridized carbons (Fsp3) is 0.438. The number of rotatable bonds is 7. The van der Waals surface area contributed by atoms with Crippen LogP contribution in [-0.4, -0.2) is 37.9 Å². The van der Waals surface area contributed by atoms with Crippen molar-refractivity contribution in [1.82, 2.24) is 15.5 Å². The molecule has 2 atom stereocenters.